The Morgan fingerprint density at radius 3 is 2.63 bits per heavy atom. The van der Waals surface area contributed by atoms with Gasteiger partial charge in [0.25, 0.3) is 5.91 Å². The molecular formula is C29H25ClFN5O2. The molecule has 0 unspecified atom stereocenters. The zero-order valence-electron chi connectivity index (χ0n) is 20.5. The van der Waals surface area contributed by atoms with Gasteiger partial charge in [0.05, 0.1) is 16.1 Å². The number of benzene rings is 2. The van der Waals surface area contributed by atoms with Gasteiger partial charge < -0.3 is 19.8 Å². The second kappa shape index (κ2) is 9.95. The van der Waals surface area contributed by atoms with Crippen LogP contribution in [0, 0.1) is 5.82 Å². The second-order valence-corrected chi connectivity index (χ2v) is 9.96. The summed E-state index contributed by atoms with van der Waals surface area (Å²) in [5.74, 6) is -0.255. The van der Waals surface area contributed by atoms with Gasteiger partial charge in [-0.05, 0) is 60.7 Å². The smallest absolute Gasteiger partial charge is 0.256 e. The first kappa shape index (κ1) is 24.2. The number of fused-ring (bicyclic) bond motifs is 2. The fourth-order valence-corrected chi connectivity index (χ4v) is 5.51. The average molecular weight is 530 g/mol. The summed E-state index contributed by atoms with van der Waals surface area (Å²) in [6.07, 6.45) is 6.70. The van der Waals surface area contributed by atoms with Crippen molar-refractivity contribution in [2.24, 2.45) is 0 Å². The van der Waals surface area contributed by atoms with E-state index in [9.17, 15) is 14.0 Å². The number of anilines is 1. The number of rotatable bonds is 5. The fourth-order valence-electron chi connectivity index (χ4n) is 5.23. The number of hydrogen-bond acceptors (Lipinski definition) is 3. The normalized spacial score (nSPS) is 14.3. The highest BCUT2D eigenvalue weighted by molar-refractivity contribution is 6.38. The summed E-state index contributed by atoms with van der Waals surface area (Å²) in [5, 5.41) is 4.59. The first-order chi connectivity index (χ1) is 18.5. The molecule has 0 spiro atoms. The van der Waals surface area contributed by atoms with E-state index in [1.54, 1.807) is 41.4 Å². The molecule has 192 valence electrons. The van der Waals surface area contributed by atoms with Crippen molar-refractivity contribution >= 4 is 51.0 Å². The number of likely N-dealkylation sites (tertiary alicyclic amines) is 1. The molecule has 7 nitrogen and oxygen atoms in total. The number of pyridine rings is 1. The lowest BCUT2D eigenvalue weighted by Gasteiger charge is -2.32. The molecule has 0 radical (unpaired) electrons. The van der Waals surface area contributed by atoms with Crippen LogP contribution < -0.4 is 5.32 Å². The van der Waals surface area contributed by atoms with Gasteiger partial charge >= 0.3 is 0 Å². The second-order valence-electron chi connectivity index (χ2n) is 9.58. The van der Waals surface area contributed by atoms with Crippen LogP contribution in [0.3, 0.4) is 0 Å². The zero-order chi connectivity index (χ0) is 26.2. The summed E-state index contributed by atoms with van der Waals surface area (Å²) in [7, 11) is 0. The van der Waals surface area contributed by atoms with Gasteiger partial charge in [0.2, 0.25) is 5.91 Å². The van der Waals surface area contributed by atoms with Crippen molar-refractivity contribution in [2.45, 2.75) is 25.3 Å². The van der Waals surface area contributed by atoms with E-state index in [0.717, 1.165) is 18.2 Å². The van der Waals surface area contributed by atoms with Gasteiger partial charge in [0.1, 0.15) is 18.0 Å². The molecule has 0 saturated carbocycles. The Balaban J connectivity index is 1.05. The van der Waals surface area contributed by atoms with E-state index in [4.69, 9.17) is 11.6 Å². The van der Waals surface area contributed by atoms with Crippen LogP contribution in [0.5, 0.6) is 0 Å². The first-order valence-corrected chi connectivity index (χ1v) is 12.9. The molecule has 3 aromatic heterocycles. The molecule has 5 aromatic rings. The lowest BCUT2D eigenvalue weighted by molar-refractivity contribution is -0.116. The molecule has 2 N–H and O–H groups in total. The monoisotopic (exact) mass is 529 g/mol. The number of nitrogens with zero attached hydrogens (tertiary/aromatic N) is 3. The number of piperidine rings is 1. The van der Waals surface area contributed by atoms with Crippen LogP contribution in [0.2, 0.25) is 5.02 Å². The van der Waals surface area contributed by atoms with E-state index in [2.05, 4.69) is 15.3 Å². The number of amides is 2. The van der Waals surface area contributed by atoms with Crippen LogP contribution in [-0.2, 0) is 11.3 Å². The van der Waals surface area contributed by atoms with E-state index in [0.29, 0.717) is 51.8 Å². The van der Waals surface area contributed by atoms with Gasteiger partial charge in [-0.1, -0.05) is 29.8 Å². The largest absolute Gasteiger partial charge is 0.346 e. The lowest BCUT2D eigenvalue weighted by Crippen LogP contribution is -2.38. The summed E-state index contributed by atoms with van der Waals surface area (Å²) in [4.78, 5) is 34.9. The van der Waals surface area contributed by atoms with Crippen molar-refractivity contribution in [2.75, 3.05) is 18.4 Å². The van der Waals surface area contributed by atoms with E-state index < -0.39 is 0 Å². The molecule has 0 aliphatic carbocycles. The SMILES string of the molecule is O=C(Cn1ccc2c(F)cccc21)Nc1ccc(C2CCN(C(=O)c3cnc4[nH]ccc4c3Cl)CC2)cc1. The molecule has 1 aliphatic rings. The number of carbonyl (C=O) groups is 2. The summed E-state index contributed by atoms with van der Waals surface area (Å²) < 4.78 is 15.7. The van der Waals surface area contributed by atoms with Gasteiger partial charge in [0.15, 0.2) is 0 Å². The number of hydrogen-bond donors (Lipinski definition) is 2. The highest BCUT2D eigenvalue weighted by atomic mass is 35.5. The molecule has 38 heavy (non-hydrogen) atoms. The summed E-state index contributed by atoms with van der Waals surface area (Å²) in [6, 6.07) is 16.2. The van der Waals surface area contributed by atoms with E-state index in [1.807, 2.05) is 35.2 Å². The number of aromatic amines is 1. The molecule has 6 rings (SSSR count). The molecule has 1 aliphatic heterocycles. The van der Waals surface area contributed by atoms with Crippen LogP contribution in [-0.4, -0.2) is 44.3 Å². The minimum Gasteiger partial charge on any atom is -0.346 e. The Hall–Kier alpha value is -4.17. The fraction of sp³-hybridized carbons (Fsp3) is 0.207. The summed E-state index contributed by atoms with van der Waals surface area (Å²) in [5.41, 5.74) is 3.66. The van der Waals surface area contributed by atoms with Crippen LogP contribution in [0.15, 0.2) is 73.2 Å². The third kappa shape index (κ3) is 4.52. The standard InChI is InChI=1S/C29H25ClFN5O2/c30-27-22-8-12-32-28(22)33-16-23(27)29(38)35-13-9-19(10-14-35)18-4-6-20(7-5-18)34-26(37)17-36-15-11-21-24(31)2-1-3-25(21)36/h1-8,11-12,15-16,19H,9-10,13-14,17H2,(H,32,33)(H,34,37). The predicted octanol–water partition coefficient (Wildman–Crippen LogP) is 5.97. The summed E-state index contributed by atoms with van der Waals surface area (Å²) in [6.45, 7) is 1.36. The van der Waals surface area contributed by atoms with Crippen molar-refractivity contribution in [3.63, 3.8) is 0 Å². The number of H-pyrrole nitrogens is 1. The Morgan fingerprint density at radius 2 is 1.84 bits per heavy atom. The maximum atomic E-state index is 13.9. The highest BCUT2D eigenvalue weighted by Gasteiger charge is 2.26. The maximum absolute atomic E-state index is 13.9. The van der Waals surface area contributed by atoms with Crippen molar-refractivity contribution in [3.05, 3.63) is 95.2 Å². The van der Waals surface area contributed by atoms with Gasteiger partial charge in [-0.15, -0.1) is 0 Å². The van der Waals surface area contributed by atoms with Crippen LogP contribution >= 0.6 is 11.6 Å². The molecular weight excluding hydrogens is 505 g/mol. The minimum absolute atomic E-state index is 0.0950. The van der Waals surface area contributed by atoms with Crippen molar-refractivity contribution in [1.82, 2.24) is 19.4 Å². The molecule has 1 saturated heterocycles. The predicted molar refractivity (Wildman–Crippen MR) is 146 cm³/mol. The van der Waals surface area contributed by atoms with E-state index >= 15 is 0 Å². The van der Waals surface area contributed by atoms with Crippen LogP contribution in [0.1, 0.15) is 34.7 Å². The molecule has 2 aromatic carbocycles. The molecule has 9 heteroatoms. The first-order valence-electron chi connectivity index (χ1n) is 12.5. The molecule has 0 bridgehead atoms. The van der Waals surface area contributed by atoms with Gasteiger partial charge in [-0.25, -0.2) is 9.37 Å². The third-order valence-electron chi connectivity index (χ3n) is 7.27. The highest BCUT2D eigenvalue weighted by Crippen LogP contribution is 2.31. The van der Waals surface area contributed by atoms with Crippen molar-refractivity contribution in [3.8, 4) is 0 Å². The molecule has 4 heterocycles. The molecule has 2 amide bonds. The Morgan fingerprint density at radius 1 is 1.05 bits per heavy atom. The lowest BCUT2D eigenvalue weighted by atomic mass is 9.89. The Labute approximate surface area is 223 Å². The maximum Gasteiger partial charge on any atom is 0.256 e. The number of halogens is 2. The van der Waals surface area contributed by atoms with E-state index in [1.165, 1.54) is 11.6 Å². The van der Waals surface area contributed by atoms with Crippen LogP contribution in [0.4, 0.5) is 10.1 Å². The molecule has 0 atom stereocenters. The van der Waals surface area contributed by atoms with Gasteiger partial charge in [-0.2, -0.15) is 0 Å². The molecule has 1 fully saturated rings. The Bertz CT molecular complexity index is 1650. The summed E-state index contributed by atoms with van der Waals surface area (Å²) >= 11 is 6.49. The Kier molecular flexibility index (Phi) is 6.33. The van der Waals surface area contributed by atoms with E-state index in [-0.39, 0.29) is 24.2 Å². The van der Waals surface area contributed by atoms with Crippen molar-refractivity contribution in [1.29, 1.82) is 0 Å². The van der Waals surface area contributed by atoms with Gasteiger partial charge in [0, 0.05) is 48.1 Å². The van der Waals surface area contributed by atoms with Crippen molar-refractivity contribution < 1.29 is 14.0 Å². The minimum atomic E-state index is -0.300. The van der Waals surface area contributed by atoms with Gasteiger partial charge in [-0.3, -0.25) is 9.59 Å². The quantitative estimate of drug-likeness (QED) is 0.294. The number of nitrogens with one attached hydrogen (secondary N) is 2. The average Bonchev–Trinajstić information content (AvgIpc) is 3.58. The zero-order valence-corrected chi connectivity index (χ0v) is 21.2. The number of carbonyl (C=O) groups excluding carboxylic acids is 2. The third-order valence-corrected chi connectivity index (χ3v) is 7.68. The number of aromatic nitrogens is 3. The van der Waals surface area contributed by atoms with Crippen LogP contribution in [0.25, 0.3) is 21.9 Å². The topological polar surface area (TPSA) is 83.0 Å².